The fourth-order valence-electron chi connectivity index (χ4n) is 2.08. The van der Waals surface area contributed by atoms with Gasteiger partial charge in [0.2, 0.25) is 0 Å². The van der Waals surface area contributed by atoms with E-state index >= 15 is 0 Å². The van der Waals surface area contributed by atoms with E-state index in [9.17, 15) is 0 Å². The molecule has 1 unspecified atom stereocenters. The van der Waals surface area contributed by atoms with Crippen molar-refractivity contribution in [2.24, 2.45) is 0 Å². The summed E-state index contributed by atoms with van der Waals surface area (Å²) in [4.78, 5) is 0. The van der Waals surface area contributed by atoms with E-state index in [1.54, 1.807) is 14.2 Å². The SMILES string of the molecule is CNC(COc1cccc(OC)c1)c1cccc(OC)c1. The Kier molecular flexibility index (Phi) is 5.46. The molecule has 0 spiro atoms. The summed E-state index contributed by atoms with van der Waals surface area (Å²) in [6.45, 7) is 0.525. The molecule has 0 heterocycles. The summed E-state index contributed by atoms with van der Waals surface area (Å²) in [5, 5.41) is 3.26. The highest BCUT2D eigenvalue weighted by Crippen LogP contribution is 2.22. The van der Waals surface area contributed by atoms with Crippen LogP contribution in [-0.4, -0.2) is 27.9 Å². The van der Waals surface area contributed by atoms with E-state index in [2.05, 4.69) is 11.4 Å². The Hall–Kier alpha value is -2.20. The standard InChI is InChI=1S/C17H21NO3/c1-18-17(13-6-4-7-14(10-13)19-2)12-21-16-9-5-8-15(11-16)20-3/h4-11,17-18H,12H2,1-3H3. The van der Waals surface area contributed by atoms with Crippen LogP contribution in [0.5, 0.6) is 17.2 Å². The third kappa shape index (κ3) is 4.13. The van der Waals surface area contributed by atoms with Crippen molar-refractivity contribution >= 4 is 0 Å². The fourth-order valence-corrected chi connectivity index (χ4v) is 2.08. The first-order chi connectivity index (χ1) is 10.3. The number of ether oxygens (including phenoxy) is 3. The van der Waals surface area contributed by atoms with Crippen LogP contribution in [0.1, 0.15) is 11.6 Å². The molecule has 0 aliphatic rings. The summed E-state index contributed by atoms with van der Waals surface area (Å²) in [6, 6.07) is 15.7. The van der Waals surface area contributed by atoms with Crippen LogP contribution in [0.2, 0.25) is 0 Å². The first-order valence-corrected chi connectivity index (χ1v) is 6.85. The highest BCUT2D eigenvalue weighted by atomic mass is 16.5. The van der Waals surface area contributed by atoms with Crippen LogP contribution < -0.4 is 19.5 Å². The molecular formula is C17H21NO3. The van der Waals surface area contributed by atoms with Crippen LogP contribution in [0.3, 0.4) is 0 Å². The summed E-state index contributed by atoms with van der Waals surface area (Å²) >= 11 is 0. The van der Waals surface area contributed by atoms with E-state index in [0.29, 0.717) is 6.61 Å². The zero-order chi connectivity index (χ0) is 15.1. The fraction of sp³-hybridized carbons (Fsp3) is 0.294. The van der Waals surface area contributed by atoms with Gasteiger partial charge in [0, 0.05) is 6.07 Å². The Labute approximate surface area is 125 Å². The molecule has 0 aromatic heterocycles. The van der Waals surface area contributed by atoms with Gasteiger partial charge in [-0.15, -0.1) is 0 Å². The average molecular weight is 287 g/mol. The lowest BCUT2D eigenvalue weighted by Gasteiger charge is -2.18. The average Bonchev–Trinajstić information content (AvgIpc) is 2.56. The topological polar surface area (TPSA) is 39.7 Å². The number of hydrogen-bond donors (Lipinski definition) is 1. The van der Waals surface area contributed by atoms with Crippen LogP contribution in [0.25, 0.3) is 0 Å². The molecule has 1 atom stereocenters. The van der Waals surface area contributed by atoms with Gasteiger partial charge >= 0.3 is 0 Å². The number of rotatable bonds is 7. The van der Waals surface area contributed by atoms with E-state index in [0.717, 1.165) is 22.8 Å². The van der Waals surface area contributed by atoms with Gasteiger partial charge in [-0.05, 0) is 36.9 Å². The van der Waals surface area contributed by atoms with Crippen LogP contribution in [0.15, 0.2) is 48.5 Å². The Morgan fingerprint density at radius 1 is 0.905 bits per heavy atom. The van der Waals surface area contributed by atoms with Crippen molar-refractivity contribution in [2.45, 2.75) is 6.04 Å². The minimum atomic E-state index is 0.0892. The molecule has 112 valence electrons. The second-order valence-electron chi connectivity index (χ2n) is 4.61. The van der Waals surface area contributed by atoms with Gasteiger partial charge in [-0.1, -0.05) is 18.2 Å². The minimum absolute atomic E-state index is 0.0892. The lowest BCUT2D eigenvalue weighted by atomic mass is 10.1. The zero-order valence-corrected chi connectivity index (χ0v) is 12.6. The van der Waals surface area contributed by atoms with E-state index < -0.39 is 0 Å². The predicted molar refractivity (Wildman–Crippen MR) is 83.3 cm³/mol. The summed E-state index contributed by atoms with van der Waals surface area (Å²) in [7, 11) is 5.23. The van der Waals surface area contributed by atoms with Gasteiger partial charge in [0.25, 0.3) is 0 Å². The van der Waals surface area contributed by atoms with Crippen molar-refractivity contribution in [3.63, 3.8) is 0 Å². The number of hydrogen-bond acceptors (Lipinski definition) is 4. The maximum Gasteiger partial charge on any atom is 0.123 e. The first kappa shape index (κ1) is 15.2. The largest absolute Gasteiger partial charge is 0.497 e. The van der Waals surface area contributed by atoms with Crippen molar-refractivity contribution < 1.29 is 14.2 Å². The van der Waals surface area contributed by atoms with Crippen LogP contribution in [0, 0.1) is 0 Å². The molecule has 0 saturated carbocycles. The van der Waals surface area contributed by atoms with Gasteiger partial charge in [-0.2, -0.15) is 0 Å². The lowest BCUT2D eigenvalue weighted by molar-refractivity contribution is 0.271. The van der Waals surface area contributed by atoms with Gasteiger partial charge in [0.1, 0.15) is 23.9 Å². The summed E-state index contributed by atoms with van der Waals surface area (Å²) < 4.78 is 16.3. The van der Waals surface area contributed by atoms with Crippen molar-refractivity contribution in [3.8, 4) is 17.2 Å². The predicted octanol–water partition coefficient (Wildman–Crippen LogP) is 3.04. The summed E-state index contributed by atoms with van der Waals surface area (Å²) in [5.74, 6) is 2.42. The van der Waals surface area contributed by atoms with Crippen molar-refractivity contribution in [3.05, 3.63) is 54.1 Å². The molecule has 0 radical (unpaired) electrons. The molecular weight excluding hydrogens is 266 g/mol. The van der Waals surface area contributed by atoms with Crippen molar-refractivity contribution in [1.29, 1.82) is 0 Å². The molecule has 0 aliphatic heterocycles. The van der Waals surface area contributed by atoms with Gasteiger partial charge in [-0.3, -0.25) is 0 Å². The molecule has 4 heteroatoms. The van der Waals surface area contributed by atoms with Gasteiger partial charge < -0.3 is 19.5 Å². The summed E-state index contributed by atoms with van der Waals surface area (Å²) in [5.41, 5.74) is 1.12. The van der Waals surface area contributed by atoms with Crippen molar-refractivity contribution in [2.75, 3.05) is 27.9 Å². The molecule has 0 fully saturated rings. The highest BCUT2D eigenvalue weighted by Gasteiger charge is 2.11. The van der Waals surface area contributed by atoms with Crippen LogP contribution >= 0.6 is 0 Å². The second-order valence-corrected chi connectivity index (χ2v) is 4.61. The van der Waals surface area contributed by atoms with E-state index in [-0.39, 0.29) is 6.04 Å². The molecule has 2 aromatic rings. The molecule has 0 amide bonds. The minimum Gasteiger partial charge on any atom is -0.497 e. The number of benzene rings is 2. The smallest absolute Gasteiger partial charge is 0.123 e. The Morgan fingerprint density at radius 2 is 1.52 bits per heavy atom. The quantitative estimate of drug-likeness (QED) is 0.849. The number of likely N-dealkylation sites (N-methyl/N-ethyl adjacent to an activating group) is 1. The van der Waals surface area contributed by atoms with E-state index in [1.165, 1.54) is 0 Å². The number of methoxy groups -OCH3 is 2. The Morgan fingerprint density at radius 3 is 2.19 bits per heavy atom. The zero-order valence-electron chi connectivity index (χ0n) is 12.6. The maximum absolute atomic E-state index is 5.85. The molecule has 4 nitrogen and oxygen atoms in total. The first-order valence-electron chi connectivity index (χ1n) is 6.85. The van der Waals surface area contributed by atoms with Gasteiger partial charge in [0.05, 0.1) is 20.3 Å². The van der Waals surface area contributed by atoms with Crippen LogP contribution in [0.4, 0.5) is 0 Å². The molecule has 0 saturated heterocycles. The van der Waals surface area contributed by atoms with E-state index in [1.807, 2.05) is 49.5 Å². The normalized spacial score (nSPS) is 11.8. The number of nitrogens with one attached hydrogen (secondary N) is 1. The molecule has 1 N–H and O–H groups in total. The second kappa shape index (κ2) is 7.55. The maximum atomic E-state index is 5.85. The van der Waals surface area contributed by atoms with Gasteiger partial charge in [0.15, 0.2) is 0 Å². The molecule has 2 rings (SSSR count). The Balaban J connectivity index is 2.04. The molecule has 2 aromatic carbocycles. The summed E-state index contributed by atoms with van der Waals surface area (Å²) in [6.07, 6.45) is 0. The molecule has 0 bridgehead atoms. The Bertz CT molecular complexity index is 571. The van der Waals surface area contributed by atoms with Crippen molar-refractivity contribution in [1.82, 2.24) is 5.32 Å². The van der Waals surface area contributed by atoms with Gasteiger partial charge in [-0.25, -0.2) is 0 Å². The van der Waals surface area contributed by atoms with E-state index in [4.69, 9.17) is 14.2 Å². The molecule has 21 heavy (non-hydrogen) atoms. The lowest BCUT2D eigenvalue weighted by Crippen LogP contribution is -2.23. The monoisotopic (exact) mass is 287 g/mol. The third-order valence-corrected chi connectivity index (χ3v) is 3.30. The highest BCUT2D eigenvalue weighted by molar-refractivity contribution is 5.33. The third-order valence-electron chi connectivity index (χ3n) is 3.30. The van der Waals surface area contributed by atoms with Crippen LogP contribution in [-0.2, 0) is 0 Å². The molecule has 0 aliphatic carbocycles.